The van der Waals surface area contributed by atoms with Gasteiger partial charge < -0.3 is 29.0 Å². The molecule has 0 heterocycles. The number of ether oxygens (including phenoxy) is 5. The lowest BCUT2D eigenvalue weighted by molar-refractivity contribution is -0.157. The van der Waals surface area contributed by atoms with Gasteiger partial charge in [-0.25, -0.2) is 0 Å². The molecule has 0 saturated carbocycles. The highest BCUT2D eigenvalue weighted by Gasteiger charge is 2.32. The third-order valence-corrected chi connectivity index (χ3v) is 4.24. The molecule has 9 nitrogen and oxygen atoms in total. The minimum Gasteiger partial charge on any atom is -0.460 e. The summed E-state index contributed by atoms with van der Waals surface area (Å²) in [6, 6.07) is 0. The lowest BCUT2D eigenvalue weighted by Gasteiger charge is -2.33. The Labute approximate surface area is 205 Å². The van der Waals surface area contributed by atoms with Gasteiger partial charge in [-0.05, 0) is 53.4 Å². The number of rotatable bonds is 16. The van der Waals surface area contributed by atoms with Crippen molar-refractivity contribution in [1.29, 1.82) is 0 Å². The Morgan fingerprint density at radius 3 is 1.38 bits per heavy atom. The Hall–Kier alpha value is -1.71. The van der Waals surface area contributed by atoms with Gasteiger partial charge in [-0.1, -0.05) is 20.8 Å². The molecule has 200 valence electrons. The number of esters is 2. The summed E-state index contributed by atoms with van der Waals surface area (Å²) in [7, 11) is 0. The van der Waals surface area contributed by atoms with Crippen molar-refractivity contribution in [2.75, 3.05) is 39.6 Å². The lowest BCUT2D eigenvalue weighted by atomic mass is 9.93. The van der Waals surface area contributed by atoms with Crippen LogP contribution in [0.4, 0.5) is 0 Å². The van der Waals surface area contributed by atoms with Crippen molar-refractivity contribution >= 4 is 18.3 Å². The third kappa shape index (κ3) is 18.7. The van der Waals surface area contributed by atoms with Crippen LogP contribution in [0.3, 0.4) is 0 Å². The zero-order valence-electron chi connectivity index (χ0n) is 22.7. The second-order valence-corrected chi connectivity index (χ2v) is 11.7. The molecule has 0 aliphatic heterocycles. The van der Waals surface area contributed by atoms with E-state index in [1.807, 2.05) is 0 Å². The predicted octanol–water partition coefficient (Wildman–Crippen LogP) is 3.42. The van der Waals surface area contributed by atoms with Crippen molar-refractivity contribution in [1.82, 2.24) is 5.32 Å². The summed E-state index contributed by atoms with van der Waals surface area (Å²) in [6.45, 7) is 18.2. The van der Waals surface area contributed by atoms with E-state index in [4.69, 9.17) is 23.7 Å². The maximum absolute atomic E-state index is 11.9. The molecular weight excluding hydrogens is 442 g/mol. The van der Waals surface area contributed by atoms with Gasteiger partial charge in [-0.2, -0.15) is 0 Å². The summed E-state index contributed by atoms with van der Waals surface area (Å²) >= 11 is 0. The molecule has 34 heavy (non-hydrogen) atoms. The summed E-state index contributed by atoms with van der Waals surface area (Å²) in [6.07, 6.45) is 1.57. The van der Waals surface area contributed by atoms with E-state index in [1.54, 1.807) is 41.5 Å². The van der Waals surface area contributed by atoms with Gasteiger partial charge in [0.1, 0.15) is 16.7 Å². The van der Waals surface area contributed by atoms with Crippen LogP contribution in [0, 0.1) is 5.41 Å². The molecule has 0 rings (SSSR count). The fourth-order valence-electron chi connectivity index (χ4n) is 2.65. The Balaban J connectivity index is 4.92. The van der Waals surface area contributed by atoms with Crippen molar-refractivity contribution in [3.05, 3.63) is 0 Å². The molecule has 0 atom stereocenters. The first-order chi connectivity index (χ1) is 15.5. The van der Waals surface area contributed by atoms with Crippen LogP contribution in [-0.4, -0.2) is 74.7 Å². The Morgan fingerprint density at radius 1 is 0.676 bits per heavy atom. The van der Waals surface area contributed by atoms with Gasteiger partial charge in [0.05, 0.1) is 45.9 Å². The molecule has 0 aromatic carbocycles. The molecule has 1 N–H and O–H groups in total. The monoisotopic (exact) mass is 489 g/mol. The first-order valence-corrected chi connectivity index (χ1v) is 11.9. The highest BCUT2D eigenvalue weighted by Crippen LogP contribution is 2.19. The molecule has 1 amide bonds. The minimum atomic E-state index is -0.971. The van der Waals surface area contributed by atoms with Crippen molar-refractivity contribution in [2.24, 2.45) is 5.41 Å². The van der Waals surface area contributed by atoms with Crippen molar-refractivity contribution < 1.29 is 38.1 Å². The van der Waals surface area contributed by atoms with E-state index in [9.17, 15) is 14.4 Å². The van der Waals surface area contributed by atoms with E-state index in [0.717, 1.165) is 6.42 Å². The van der Waals surface area contributed by atoms with Crippen LogP contribution in [0.2, 0.25) is 0 Å². The average Bonchev–Trinajstić information content (AvgIpc) is 2.62. The normalized spacial score (nSPS) is 12.9. The SMILES string of the molecule is CC(C)(C)CCOCC(COCCC(=O)OC(C)(C)C)(COCCC(=O)OC(C)(C)C)NC=O. The standard InChI is InChI=1S/C25H47NO8/c1-22(2,3)12-15-32-18-25(26-19-27,16-30-13-10-20(28)33-23(4,5)6)17-31-14-11-21(29)34-24(7,8)9/h19H,10-18H2,1-9H3,(H,26,27). The minimum absolute atomic E-state index is 0.0660. The van der Waals surface area contributed by atoms with Crippen LogP contribution in [0.1, 0.15) is 81.6 Å². The largest absolute Gasteiger partial charge is 0.460 e. The maximum atomic E-state index is 11.9. The first-order valence-electron chi connectivity index (χ1n) is 11.9. The van der Waals surface area contributed by atoms with Crippen LogP contribution in [0.15, 0.2) is 0 Å². The Bertz CT molecular complexity index is 578. The third-order valence-electron chi connectivity index (χ3n) is 4.24. The Kier molecular flexibility index (Phi) is 13.9. The van der Waals surface area contributed by atoms with Crippen molar-refractivity contribution in [3.8, 4) is 0 Å². The fraction of sp³-hybridized carbons (Fsp3) is 0.880. The molecule has 0 radical (unpaired) electrons. The number of amides is 1. The van der Waals surface area contributed by atoms with Gasteiger partial charge in [0.2, 0.25) is 6.41 Å². The molecule has 0 aromatic heterocycles. The van der Waals surface area contributed by atoms with Crippen molar-refractivity contribution in [2.45, 2.75) is 98.3 Å². The van der Waals surface area contributed by atoms with Crippen LogP contribution >= 0.6 is 0 Å². The molecule has 0 aliphatic carbocycles. The molecule has 0 fully saturated rings. The number of carbonyl (C=O) groups excluding carboxylic acids is 3. The van der Waals surface area contributed by atoms with Crippen LogP contribution in [-0.2, 0) is 38.1 Å². The second kappa shape index (κ2) is 14.6. The Morgan fingerprint density at radius 2 is 1.06 bits per heavy atom. The van der Waals surface area contributed by atoms with Gasteiger partial charge in [0.15, 0.2) is 0 Å². The molecule has 9 heteroatoms. The van der Waals surface area contributed by atoms with E-state index in [1.165, 1.54) is 0 Å². The van der Waals surface area contributed by atoms with Gasteiger partial charge in [0, 0.05) is 6.61 Å². The summed E-state index contributed by atoms with van der Waals surface area (Å²) in [5.74, 6) is -0.729. The first kappa shape index (κ1) is 32.3. The molecule has 0 unspecified atom stereocenters. The zero-order valence-corrected chi connectivity index (χ0v) is 22.7. The molecule has 0 aromatic rings. The molecular formula is C25H47NO8. The predicted molar refractivity (Wildman–Crippen MR) is 129 cm³/mol. The van der Waals surface area contributed by atoms with Gasteiger partial charge >= 0.3 is 11.9 Å². The number of hydrogen-bond donors (Lipinski definition) is 1. The molecule has 0 bridgehead atoms. The second-order valence-electron chi connectivity index (χ2n) is 11.7. The van der Waals surface area contributed by atoms with Crippen LogP contribution in [0.25, 0.3) is 0 Å². The molecule has 0 saturated heterocycles. The topological polar surface area (TPSA) is 109 Å². The van der Waals surface area contributed by atoms with Crippen LogP contribution < -0.4 is 5.32 Å². The van der Waals surface area contributed by atoms with Crippen molar-refractivity contribution in [3.63, 3.8) is 0 Å². The quantitative estimate of drug-likeness (QED) is 0.200. The number of carbonyl (C=O) groups is 3. The fourth-order valence-corrected chi connectivity index (χ4v) is 2.65. The summed E-state index contributed by atoms with van der Waals surface area (Å²) in [4.78, 5) is 35.2. The van der Waals surface area contributed by atoms with E-state index < -0.39 is 16.7 Å². The van der Waals surface area contributed by atoms with E-state index in [0.29, 0.717) is 13.0 Å². The highest BCUT2D eigenvalue weighted by molar-refractivity contribution is 5.70. The van der Waals surface area contributed by atoms with E-state index in [2.05, 4.69) is 26.1 Å². The highest BCUT2D eigenvalue weighted by atomic mass is 16.6. The summed E-state index contributed by atoms with van der Waals surface area (Å²) < 4.78 is 27.8. The summed E-state index contributed by atoms with van der Waals surface area (Å²) in [5.41, 5.74) is -2.00. The van der Waals surface area contributed by atoms with Crippen LogP contribution in [0.5, 0.6) is 0 Å². The lowest BCUT2D eigenvalue weighted by Crippen LogP contribution is -2.56. The molecule has 0 spiro atoms. The maximum Gasteiger partial charge on any atom is 0.308 e. The van der Waals surface area contributed by atoms with Gasteiger partial charge in [-0.15, -0.1) is 0 Å². The number of hydrogen-bond acceptors (Lipinski definition) is 8. The van der Waals surface area contributed by atoms with Gasteiger partial charge in [0.25, 0.3) is 0 Å². The van der Waals surface area contributed by atoms with E-state index >= 15 is 0 Å². The smallest absolute Gasteiger partial charge is 0.308 e. The zero-order chi connectivity index (χ0) is 26.5. The average molecular weight is 490 g/mol. The summed E-state index contributed by atoms with van der Waals surface area (Å²) in [5, 5.41) is 2.76. The number of nitrogens with one attached hydrogen (secondary N) is 1. The van der Waals surface area contributed by atoms with E-state index in [-0.39, 0.29) is 63.2 Å². The van der Waals surface area contributed by atoms with Gasteiger partial charge in [-0.3, -0.25) is 14.4 Å². The molecule has 0 aliphatic rings.